The standard InChI is InChI=1S/C20H30N4O2/c1-14(24-9-10-25-13-15(24)2)12-22-20(21-4)23-16(3)19-11-17-7-5-6-8-18(17)26-19/h5-8,11,14-16H,9-10,12-13H2,1-4H3,(H2,21,22,23). The first-order chi connectivity index (χ1) is 12.6. The van der Waals surface area contributed by atoms with Gasteiger partial charge in [0.2, 0.25) is 0 Å². The molecule has 3 unspecified atom stereocenters. The van der Waals surface area contributed by atoms with Crippen LogP contribution in [-0.2, 0) is 4.74 Å². The van der Waals surface area contributed by atoms with Crippen LogP contribution >= 0.6 is 0 Å². The third kappa shape index (κ3) is 4.37. The van der Waals surface area contributed by atoms with Crippen LogP contribution in [0.2, 0.25) is 0 Å². The van der Waals surface area contributed by atoms with E-state index < -0.39 is 0 Å². The molecule has 3 rings (SSSR count). The highest BCUT2D eigenvalue weighted by Gasteiger charge is 2.23. The lowest BCUT2D eigenvalue weighted by Gasteiger charge is -2.38. The van der Waals surface area contributed by atoms with E-state index in [4.69, 9.17) is 9.15 Å². The Bertz CT molecular complexity index is 709. The van der Waals surface area contributed by atoms with E-state index in [9.17, 15) is 0 Å². The largest absolute Gasteiger partial charge is 0.459 e. The number of para-hydroxylation sites is 1. The van der Waals surface area contributed by atoms with E-state index in [1.54, 1.807) is 7.05 Å². The average Bonchev–Trinajstić information content (AvgIpc) is 3.09. The number of furan rings is 1. The van der Waals surface area contributed by atoms with Crippen molar-refractivity contribution < 1.29 is 9.15 Å². The van der Waals surface area contributed by atoms with E-state index in [-0.39, 0.29) is 6.04 Å². The highest BCUT2D eigenvalue weighted by atomic mass is 16.5. The summed E-state index contributed by atoms with van der Waals surface area (Å²) in [6.07, 6.45) is 0. The number of nitrogens with zero attached hydrogens (tertiary/aromatic N) is 2. The average molecular weight is 358 g/mol. The third-order valence-corrected chi connectivity index (χ3v) is 5.00. The molecule has 3 atom stereocenters. The minimum Gasteiger partial charge on any atom is -0.459 e. The zero-order valence-corrected chi connectivity index (χ0v) is 16.2. The number of hydrogen-bond acceptors (Lipinski definition) is 4. The van der Waals surface area contributed by atoms with Crippen LogP contribution < -0.4 is 10.6 Å². The summed E-state index contributed by atoms with van der Waals surface area (Å²) in [6.45, 7) is 9.96. The Morgan fingerprint density at radius 3 is 2.88 bits per heavy atom. The fraction of sp³-hybridized carbons (Fsp3) is 0.550. The second-order valence-electron chi connectivity index (χ2n) is 7.02. The van der Waals surface area contributed by atoms with Crippen molar-refractivity contribution in [2.24, 2.45) is 4.99 Å². The number of nitrogens with one attached hydrogen (secondary N) is 2. The van der Waals surface area contributed by atoms with Crippen molar-refractivity contribution in [3.05, 3.63) is 36.1 Å². The van der Waals surface area contributed by atoms with Gasteiger partial charge in [0.15, 0.2) is 5.96 Å². The van der Waals surface area contributed by atoms with Gasteiger partial charge in [-0.2, -0.15) is 0 Å². The van der Waals surface area contributed by atoms with Crippen LogP contribution in [0.25, 0.3) is 11.0 Å². The molecule has 1 aliphatic rings. The molecule has 2 aromatic rings. The molecule has 1 aromatic carbocycles. The van der Waals surface area contributed by atoms with E-state index >= 15 is 0 Å². The summed E-state index contributed by atoms with van der Waals surface area (Å²) in [5.41, 5.74) is 0.911. The van der Waals surface area contributed by atoms with Gasteiger partial charge >= 0.3 is 0 Å². The van der Waals surface area contributed by atoms with Crippen molar-refractivity contribution in [3.63, 3.8) is 0 Å². The van der Waals surface area contributed by atoms with Crippen molar-refractivity contribution >= 4 is 16.9 Å². The molecule has 2 heterocycles. The maximum Gasteiger partial charge on any atom is 0.191 e. The maximum absolute atomic E-state index is 5.94. The molecule has 1 aromatic heterocycles. The zero-order chi connectivity index (χ0) is 18.5. The number of aliphatic imine (C=N–C) groups is 1. The van der Waals surface area contributed by atoms with Crippen LogP contribution in [0.3, 0.4) is 0 Å². The quantitative estimate of drug-likeness (QED) is 0.636. The van der Waals surface area contributed by atoms with Gasteiger partial charge in [-0.1, -0.05) is 18.2 Å². The summed E-state index contributed by atoms with van der Waals surface area (Å²) >= 11 is 0. The lowest BCUT2D eigenvalue weighted by Crippen LogP contribution is -2.53. The van der Waals surface area contributed by atoms with Crippen molar-refractivity contribution in [2.45, 2.75) is 38.9 Å². The summed E-state index contributed by atoms with van der Waals surface area (Å²) in [5.74, 6) is 1.69. The number of hydrogen-bond donors (Lipinski definition) is 2. The van der Waals surface area contributed by atoms with Gasteiger partial charge in [0.1, 0.15) is 11.3 Å². The molecule has 0 aliphatic carbocycles. The molecule has 1 aliphatic heterocycles. The molecule has 1 fully saturated rings. The minimum atomic E-state index is 0.0335. The Morgan fingerprint density at radius 2 is 2.15 bits per heavy atom. The molecular weight excluding hydrogens is 328 g/mol. The highest BCUT2D eigenvalue weighted by Crippen LogP contribution is 2.23. The molecule has 2 N–H and O–H groups in total. The second-order valence-corrected chi connectivity index (χ2v) is 7.02. The van der Waals surface area contributed by atoms with Gasteiger partial charge in [0.05, 0.1) is 19.3 Å². The van der Waals surface area contributed by atoms with Crippen LogP contribution in [-0.4, -0.2) is 56.3 Å². The van der Waals surface area contributed by atoms with E-state index in [1.165, 1.54) is 0 Å². The first kappa shape index (κ1) is 18.7. The summed E-state index contributed by atoms with van der Waals surface area (Å²) in [6, 6.07) is 11.0. The van der Waals surface area contributed by atoms with Crippen LogP contribution in [0, 0.1) is 0 Å². The predicted octanol–water partition coefficient (Wildman–Crippen LogP) is 2.77. The molecule has 1 saturated heterocycles. The van der Waals surface area contributed by atoms with Gasteiger partial charge in [-0.25, -0.2) is 0 Å². The van der Waals surface area contributed by atoms with E-state index in [2.05, 4.69) is 53.4 Å². The topological polar surface area (TPSA) is 62.0 Å². The van der Waals surface area contributed by atoms with Crippen molar-refractivity contribution in [2.75, 3.05) is 33.4 Å². The van der Waals surface area contributed by atoms with E-state index in [1.807, 2.05) is 18.2 Å². The predicted molar refractivity (Wildman–Crippen MR) is 106 cm³/mol. The lowest BCUT2D eigenvalue weighted by atomic mass is 10.2. The SMILES string of the molecule is CN=C(NCC(C)N1CCOCC1C)NC(C)c1cc2ccccc2o1. The Balaban J connectivity index is 1.55. The molecule has 0 bridgehead atoms. The van der Waals surface area contributed by atoms with Gasteiger partial charge in [0.25, 0.3) is 0 Å². The van der Waals surface area contributed by atoms with E-state index in [0.717, 1.165) is 49.0 Å². The van der Waals surface area contributed by atoms with Gasteiger partial charge < -0.3 is 19.8 Å². The number of guanidine groups is 1. The van der Waals surface area contributed by atoms with Crippen molar-refractivity contribution in [1.29, 1.82) is 0 Å². The monoisotopic (exact) mass is 358 g/mol. The first-order valence-corrected chi connectivity index (χ1v) is 9.37. The lowest BCUT2D eigenvalue weighted by molar-refractivity contribution is -0.0174. The minimum absolute atomic E-state index is 0.0335. The number of ether oxygens (including phenoxy) is 1. The molecule has 0 saturated carbocycles. The van der Waals surface area contributed by atoms with Gasteiger partial charge in [0, 0.05) is 37.6 Å². The normalized spacial score (nSPS) is 21.5. The summed E-state index contributed by atoms with van der Waals surface area (Å²) in [5, 5.41) is 7.97. The van der Waals surface area contributed by atoms with Crippen LogP contribution in [0.5, 0.6) is 0 Å². The van der Waals surface area contributed by atoms with Gasteiger partial charge in [-0.05, 0) is 32.9 Å². The Kier molecular flexibility index (Phi) is 6.16. The fourth-order valence-electron chi connectivity index (χ4n) is 3.44. The third-order valence-electron chi connectivity index (χ3n) is 5.00. The summed E-state index contributed by atoms with van der Waals surface area (Å²) in [7, 11) is 1.79. The summed E-state index contributed by atoms with van der Waals surface area (Å²) < 4.78 is 11.5. The van der Waals surface area contributed by atoms with Crippen molar-refractivity contribution in [3.8, 4) is 0 Å². The number of rotatable bonds is 5. The highest BCUT2D eigenvalue weighted by molar-refractivity contribution is 5.81. The molecular formula is C20H30N4O2. The zero-order valence-electron chi connectivity index (χ0n) is 16.2. The van der Waals surface area contributed by atoms with Gasteiger partial charge in [-0.15, -0.1) is 0 Å². The summed E-state index contributed by atoms with van der Waals surface area (Å²) in [4.78, 5) is 6.83. The van der Waals surface area contributed by atoms with Crippen molar-refractivity contribution in [1.82, 2.24) is 15.5 Å². The smallest absolute Gasteiger partial charge is 0.191 e. The number of fused-ring (bicyclic) bond motifs is 1. The molecule has 26 heavy (non-hydrogen) atoms. The van der Waals surface area contributed by atoms with Crippen LogP contribution in [0.15, 0.2) is 39.7 Å². The molecule has 6 heteroatoms. The number of benzene rings is 1. The maximum atomic E-state index is 5.94. The molecule has 0 spiro atoms. The Labute approximate surface area is 155 Å². The molecule has 0 radical (unpaired) electrons. The number of morpholine rings is 1. The molecule has 6 nitrogen and oxygen atoms in total. The van der Waals surface area contributed by atoms with Gasteiger partial charge in [-0.3, -0.25) is 9.89 Å². The second kappa shape index (κ2) is 8.56. The fourth-order valence-corrected chi connectivity index (χ4v) is 3.44. The Morgan fingerprint density at radius 1 is 1.35 bits per heavy atom. The van der Waals surface area contributed by atoms with Crippen LogP contribution in [0.4, 0.5) is 0 Å². The van der Waals surface area contributed by atoms with E-state index in [0.29, 0.717) is 12.1 Å². The molecule has 0 amide bonds. The first-order valence-electron chi connectivity index (χ1n) is 9.37. The van der Waals surface area contributed by atoms with Crippen LogP contribution in [0.1, 0.15) is 32.6 Å². The molecule has 142 valence electrons. The Hall–Kier alpha value is -2.05.